The van der Waals surface area contributed by atoms with Crippen LogP contribution in [-0.2, 0) is 9.53 Å². The monoisotopic (exact) mass is 241 g/mol. The maximum atomic E-state index is 11.5. The molecule has 0 atom stereocenters. The summed E-state index contributed by atoms with van der Waals surface area (Å²) in [7, 11) is 0. The lowest BCUT2D eigenvalue weighted by molar-refractivity contribution is -0.145. The first-order valence-corrected chi connectivity index (χ1v) is 6.92. The molecule has 0 aliphatic heterocycles. The van der Waals surface area contributed by atoms with E-state index in [1.54, 1.807) is 0 Å². The van der Waals surface area contributed by atoms with Crippen LogP contribution in [0.25, 0.3) is 0 Å². The fourth-order valence-electron chi connectivity index (χ4n) is 2.24. The molecule has 0 heterocycles. The number of ether oxygens (including phenoxy) is 1. The molecule has 1 fully saturated rings. The van der Waals surface area contributed by atoms with Crippen LogP contribution in [-0.4, -0.2) is 18.1 Å². The van der Waals surface area contributed by atoms with Gasteiger partial charge in [0, 0.05) is 12.0 Å². The van der Waals surface area contributed by atoms with Crippen molar-refractivity contribution in [2.45, 2.75) is 70.8 Å². The Balaban J connectivity index is 2.14. The summed E-state index contributed by atoms with van der Waals surface area (Å²) in [6.07, 6.45) is 8.83. The molecule has 0 spiro atoms. The highest BCUT2D eigenvalue weighted by molar-refractivity contribution is 5.69. The summed E-state index contributed by atoms with van der Waals surface area (Å²) in [6.45, 7) is 4.49. The van der Waals surface area contributed by atoms with Gasteiger partial charge >= 0.3 is 5.97 Å². The Hall–Kier alpha value is -0.570. The lowest BCUT2D eigenvalue weighted by Crippen LogP contribution is -2.32. The quantitative estimate of drug-likeness (QED) is 0.594. The van der Waals surface area contributed by atoms with Crippen LogP contribution in [0.3, 0.4) is 0 Å². The van der Waals surface area contributed by atoms with Crippen molar-refractivity contribution in [1.29, 1.82) is 0 Å². The highest BCUT2D eigenvalue weighted by Gasteiger charge is 2.17. The number of nitrogens with two attached hydrogens (primary N) is 1. The number of hydrogen-bond donors (Lipinski definition) is 1. The van der Waals surface area contributed by atoms with Crippen LogP contribution in [0.15, 0.2) is 0 Å². The molecule has 1 aliphatic rings. The van der Waals surface area contributed by atoms with Gasteiger partial charge in [0.15, 0.2) is 0 Å². The zero-order valence-electron chi connectivity index (χ0n) is 11.3. The fraction of sp³-hybridized carbons (Fsp3) is 0.929. The van der Waals surface area contributed by atoms with Gasteiger partial charge in [-0.3, -0.25) is 4.79 Å². The molecule has 0 saturated heterocycles. The van der Waals surface area contributed by atoms with E-state index in [0.717, 1.165) is 0 Å². The number of hydrogen-bond acceptors (Lipinski definition) is 3. The maximum Gasteiger partial charge on any atom is 0.305 e. The first-order chi connectivity index (χ1) is 7.97. The standard InChI is InChI=1S/C14H27NO2/c1-14(2,15)10-9-13(16)17-11-12-7-5-3-4-6-8-12/h12H,3-11,15H2,1-2H3. The fourth-order valence-corrected chi connectivity index (χ4v) is 2.24. The lowest BCUT2D eigenvalue weighted by Gasteiger charge is -2.18. The van der Waals surface area contributed by atoms with Gasteiger partial charge in [-0.05, 0) is 39.0 Å². The molecule has 0 radical (unpaired) electrons. The molecule has 3 heteroatoms. The average molecular weight is 241 g/mol. The minimum Gasteiger partial charge on any atom is -0.465 e. The van der Waals surface area contributed by atoms with Gasteiger partial charge in [0.1, 0.15) is 0 Å². The molecule has 100 valence electrons. The van der Waals surface area contributed by atoms with Gasteiger partial charge in [-0.25, -0.2) is 0 Å². The van der Waals surface area contributed by atoms with Gasteiger partial charge < -0.3 is 10.5 Å². The topological polar surface area (TPSA) is 52.3 Å². The van der Waals surface area contributed by atoms with E-state index in [1.807, 2.05) is 13.8 Å². The normalized spacial score (nSPS) is 18.8. The van der Waals surface area contributed by atoms with E-state index in [9.17, 15) is 4.79 Å². The molecule has 0 aromatic heterocycles. The van der Waals surface area contributed by atoms with Crippen molar-refractivity contribution in [3.05, 3.63) is 0 Å². The van der Waals surface area contributed by atoms with Crippen molar-refractivity contribution in [3.63, 3.8) is 0 Å². The molecule has 2 N–H and O–H groups in total. The van der Waals surface area contributed by atoms with E-state index in [-0.39, 0.29) is 11.5 Å². The van der Waals surface area contributed by atoms with Gasteiger partial charge in [-0.15, -0.1) is 0 Å². The SMILES string of the molecule is CC(C)(N)CCC(=O)OCC1CCCCCC1. The first-order valence-electron chi connectivity index (χ1n) is 6.92. The summed E-state index contributed by atoms with van der Waals surface area (Å²) in [6, 6.07) is 0. The van der Waals surface area contributed by atoms with Crippen LogP contribution in [0.2, 0.25) is 0 Å². The van der Waals surface area contributed by atoms with Crippen LogP contribution in [0.4, 0.5) is 0 Å². The Morgan fingerprint density at radius 3 is 2.35 bits per heavy atom. The largest absolute Gasteiger partial charge is 0.465 e. The first kappa shape index (κ1) is 14.5. The van der Waals surface area contributed by atoms with Crippen molar-refractivity contribution >= 4 is 5.97 Å². The number of esters is 1. The van der Waals surface area contributed by atoms with Crippen LogP contribution in [0.5, 0.6) is 0 Å². The average Bonchev–Trinajstić information content (AvgIpc) is 2.51. The van der Waals surface area contributed by atoms with Crippen molar-refractivity contribution < 1.29 is 9.53 Å². The van der Waals surface area contributed by atoms with Crippen molar-refractivity contribution in [1.82, 2.24) is 0 Å². The third-order valence-corrected chi connectivity index (χ3v) is 3.43. The minimum atomic E-state index is -0.276. The summed E-state index contributed by atoms with van der Waals surface area (Å²) in [5.74, 6) is 0.500. The third-order valence-electron chi connectivity index (χ3n) is 3.43. The van der Waals surface area contributed by atoms with Crippen LogP contribution < -0.4 is 5.73 Å². The van der Waals surface area contributed by atoms with Gasteiger partial charge in [0.2, 0.25) is 0 Å². The molecular weight excluding hydrogens is 214 g/mol. The molecule has 0 aromatic rings. The summed E-state index contributed by atoms with van der Waals surface area (Å²) in [5.41, 5.74) is 5.56. The lowest BCUT2D eigenvalue weighted by atomic mass is 10.00. The van der Waals surface area contributed by atoms with E-state index in [0.29, 0.717) is 25.4 Å². The molecule has 1 saturated carbocycles. The number of rotatable bonds is 5. The minimum absolute atomic E-state index is 0.0900. The van der Waals surface area contributed by atoms with E-state index in [1.165, 1.54) is 38.5 Å². The number of carbonyl (C=O) groups is 1. The molecule has 0 unspecified atom stereocenters. The van der Waals surface area contributed by atoms with Gasteiger partial charge in [-0.1, -0.05) is 25.7 Å². The third kappa shape index (κ3) is 7.37. The van der Waals surface area contributed by atoms with Gasteiger partial charge in [0.05, 0.1) is 6.61 Å². The van der Waals surface area contributed by atoms with Crippen LogP contribution in [0, 0.1) is 5.92 Å². The molecule has 0 bridgehead atoms. The second-order valence-corrected chi connectivity index (χ2v) is 6.03. The van der Waals surface area contributed by atoms with Crippen molar-refractivity contribution in [2.75, 3.05) is 6.61 Å². The summed E-state index contributed by atoms with van der Waals surface area (Å²) in [4.78, 5) is 11.5. The summed E-state index contributed by atoms with van der Waals surface area (Å²) >= 11 is 0. The Kier molecular flexibility index (Phi) is 5.96. The Morgan fingerprint density at radius 2 is 1.82 bits per heavy atom. The molecule has 1 aliphatic carbocycles. The zero-order valence-corrected chi connectivity index (χ0v) is 11.3. The van der Waals surface area contributed by atoms with E-state index in [2.05, 4.69) is 0 Å². The van der Waals surface area contributed by atoms with Gasteiger partial charge in [0.25, 0.3) is 0 Å². The Morgan fingerprint density at radius 1 is 1.24 bits per heavy atom. The van der Waals surface area contributed by atoms with E-state index >= 15 is 0 Å². The maximum absolute atomic E-state index is 11.5. The molecule has 3 nitrogen and oxygen atoms in total. The zero-order chi connectivity index (χ0) is 12.7. The van der Waals surface area contributed by atoms with E-state index < -0.39 is 0 Å². The molecule has 1 rings (SSSR count). The predicted octanol–water partition coefficient (Wildman–Crippen LogP) is 3.02. The van der Waals surface area contributed by atoms with Crippen LogP contribution in [0.1, 0.15) is 65.2 Å². The van der Waals surface area contributed by atoms with Gasteiger partial charge in [-0.2, -0.15) is 0 Å². The smallest absolute Gasteiger partial charge is 0.305 e. The van der Waals surface area contributed by atoms with Crippen molar-refractivity contribution in [2.24, 2.45) is 11.7 Å². The molecular formula is C14H27NO2. The number of carbonyl (C=O) groups excluding carboxylic acids is 1. The Bertz CT molecular complexity index is 225. The van der Waals surface area contributed by atoms with Crippen LogP contribution >= 0.6 is 0 Å². The second kappa shape index (κ2) is 7.00. The highest BCUT2D eigenvalue weighted by atomic mass is 16.5. The summed E-state index contributed by atoms with van der Waals surface area (Å²) < 4.78 is 5.34. The Labute approximate surface area is 105 Å². The van der Waals surface area contributed by atoms with E-state index in [4.69, 9.17) is 10.5 Å². The van der Waals surface area contributed by atoms with Crippen molar-refractivity contribution in [3.8, 4) is 0 Å². The summed E-state index contributed by atoms with van der Waals surface area (Å²) in [5, 5.41) is 0. The highest BCUT2D eigenvalue weighted by Crippen LogP contribution is 2.23. The second-order valence-electron chi connectivity index (χ2n) is 6.03. The predicted molar refractivity (Wildman–Crippen MR) is 69.7 cm³/mol. The molecule has 0 amide bonds. The molecule has 0 aromatic carbocycles. The molecule has 17 heavy (non-hydrogen) atoms.